The fourth-order valence-electron chi connectivity index (χ4n) is 8.77. The van der Waals surface area contributed by atoms with Crippen LogP contribution in [0.2, 0.25) is 0 Å². The first-order valence-electron chi connectivity index (χ1n) is 22.3. The Morgan fingerprint density at radius 2 is 1.08 bits per heavy atom. The van der Waals surface area contributed by atoms with Crippen molar-refractivity contribution in [2.45, 2.75) is 78.6 Å². The van der Waals surface area contributed by atoms with E-state index >= 15 is 0 Å². The maximum atomic E-state index is 12.5. The molecule has 0 radical (unpaired) electrons. The van der Waals surface area contributed by atoms with Crippen LogP contribution in [0.4, 0.5) is 0 Å². The SMILES string of the molecule is CC(C)(C)c1cc(-c2nc3c(-c4[c-]c(-c5cc(-c6ccccc6)ccn5)cc(-c5ccccc5)c4)cccc3n2-c2ccc(-c3ccccc3)c(C(C)(C)C)c2)c(O)c(C(C)(C)C)c1.[Pt]. The zero-order valence-electron chi connectivity index (χ0n) is 38.8. The first-order valence-corrected chi connectivity index (χ1v) is 22.3. The van der Waals surface area contributed by atoms with E-state index < -0.39 is 0 Å². The van der Waals surface area contributed by atoms with Crippen molar-refractivity contribution in [3.05, 3.63) is 193 Å². The zero-order valence-corrected chi connectivity index (χ0v) is 41.0. The molecule has 9 aromatic rings. The number of benzene rings is 7. The van der Waals surface area contributed by atoms with Gasteiger partial charge in [-0.05, 0) is 85.5 Å². The number of para-hydroxylation sites is 1. The number of phenols is 1. The summed E-state index contributed by atoms with van der Waals surface area (Å²) in [7, 11) is 0. The Morgan fingerprint density at radius 3 is 1.69 bits per heavy atom. The van der Waals surface area contributed by atoms with Crippen LogP contribution in [0, 0.1) is 6.07 Å². The van der Waals surface area contributed by atoms with Crippen molar-refractivity contribution in [1.82, 2.24) is 14.5 Å². The van der Waals surface area contributed by atoms with Gasteiger partial charge in [0.1, 0.15) is 11.6 Å². The summed E-state index contributed by atoms with van der Waals surface area (Å²) in [5.41, 5.74) is 16.3. The topological polar surface area (TPSA) is 50.9 Å². The van der Waals surface area contributed by atoms with Crippen molar-refractivity contribution >= 4 is 11.0 Å². The van der Waals surface area contributed by atoms with Crippen molar-refractivity contribution in [3.8, 4) is 78.6 Å². The van der Waals surface area contributed by atoms with Gasteiger partial charge in [0.25, 0.3) is 0 Å². The summed E-state index contributed by atoms with van der Waals surface area (Å²) < 4.78 is 2.25. The van der Waals surface area contributed by atoms with E-state index in [0.29, 0.717) is 11.4 Å². The second kappa shape index (κ2) is 17.6. The summed E-state index contributed by atoms with van der Waals surface area (Å²) >= 11 is 0. The third kappa shape index (κ3) is 9.02. The van der Waals surface area contributed by atoms with E-state index in [1.54, 1.807) is 0 Å². The first-order chi connectivity index (χ1) is 30.5. The van der Waals surface area contributed by atoms with E-state index in [1.165, 1.54) is 16.7 Å². The molecular weight excluding hydrogens is 974 g/mol. The summed E-state index contributed by atoms with van der Waals surface area (Å²) in [6.45, 7) is 20.0. The largest absolute Gasteiger partial charge is 0.507 e. The summed E-state index contributed by atoms with van der Waals surface area (Å²) in [5, 5.41) is 12.5. The molecule has 4 nitrogen and oxygen atoms in total. The molecule has 0 amide bonds. The van der Waals surface area contributed by atoms with Crippen LogP contribution in [0.3, 0.4) is 0 Å². The zero-order chi connectivity index (χ0) is 45.0. The van der Waals surface area contributed by atoms with Crippen molar-refractivity contribution < 1.29 is 26.2 Å². The van der Waals surface area contributed by atoms with Gasteiger partial charge < -0.3 is 5.11 Å². The van der Waals surface area contributed by atoms with Gasteiger partial charge in [-0.1, -0.05) is 200 Å². The minimum atomic E-state index is -0.325. The van der Waals surface area contributed by atoms with Crippen LogP contribution in [0.15, 0.2) is 170 Å². The number of hydrogen-bond acceptors (Lipinski definition) is 3. The molecule has 0 saturated carbocycles. The molecule has 328 valence electrons. The Balaban J connectivity index is 0.00000576. The van der Waals surface area contributed by atoms with Crippen LogP contribution in [0.1, 0.15) is 79.0 Å². The third-order valence-corrected chi connectivity index (χ3v) is 12.3. The molecule has 65 heavy (non-hydrogen) atoms. The van der Waals surface area contributed by atoms with Crippen molar-refractivity contribution in [2.24, 2.45) is 0 Å². The van der Waals surface area contributed by atoms with E-state index in [4.69, 9.17) is 9.97 Å². The van der Waals surface area contributed by atoms with Gasteiger partial charge in [-0.3, -0.25) is 9.55 Å². The van der Waals surface area contributed by atoms with Crippen LogP contribution < -0.4 is 0 Å². The molecule has 2 aromatic heterocycles. The fraction of sp³-hybridized carbons (Fsp3) is 0.200. The van der Waals surface area contributed by atoms with Gasteiger partial charge >= 0.3 is 0 Å². The van der Waals surface area contributed by atoms with E-state index in [9.17, 15) is 5.11 Å². The molecule has 0 aliphatic heterocycles. The van der Waals surface area contributed by atoms with Gasteiger partial charge in [0.15, 0.2) is 0 Å². The van der Waals surface area contributed by atoms with Gasteiger partial charge in [-0.15, -0.1) is 23.8 Å². The second-order valence-corrected chi connectivity index (χ2v) is 20.1. The predicted octanol–water partition coefficient (Wildman–Crippen LogP) is 15.8. The summed E-state index contributed by atoms with van der Waals surface area (Å²) in [5.74, 6) is 0.931. The van der Waals surface area contributed by atoms with E-state index in [2.05, 4.69) is 225 Å². The Labute approximate surface area is 399 Å². The van der Waals surface area contributed by atoms with Crippen molar-refractivity contribution in [3.63, 3.8) is 0 Å². The monoisotopic (exact) mass is 1030 g/mol. The van der Waals surface area contributed by atoms with Crippen LogP contribution in [0.25, 0.3) is 83.9 Å². The number of phenolic OH excluding ortho intramolecular Hbond substituents is 1. The van der Waals surface area contributed by atoms with E-state index in [0.717, 1.165) is 72.5 Å². The van der Waals surface area contributed by atoms with E-state index in [-0.39, 0.29) is 43.1 Å². The molecular formula is C60H56N3OPt-. The summed E-state index contributed by atoms with van der Waals surface area (Å²) in [4.78, 5) is 10.5. The smallest absolute Gasteiger partial charge is 0.148 e. The quantitative estimate of drug-likeness (QED) is 0.162. The third-order valence-electron chi connectivity index (χ3n) is 12.3. The molecule has 0 spiro atoms. The Hall–Kier alpha value is -6.35. The Bertz CT molecular complexity index is 3150. The average molecular weight is 1030 g/mol. The molecule has 0 fully saturated rings. The number of nitrogens with zero attached hydrogens (tertiary/aromatic N) is 3. The van der Waals surface area contributed by atoms with Gasteiger partial charge in [0.2, 0.25) is 0 Å². The van der Waals surface area contributed by atoms with Gasteiger partial charge in [-0.25, -0.2) is 4.98 Å². The normalized spacial score (nSPS) is 12.0. The average Bonchev–Trinajstić information content (AvgIpc) is 3.68. The maximum Gasteiger partial charge on any atom is 0.148 e. The molecule has 9 rings (SSSR count). The second-order valence-electron chi connectivity index (χ2n) is 20.1. The summed E-state index contributed by atoms with van der Waals surface area (Å²) in [6.07, 6.45) is 1.88. The molecule has 5 heteroatoms. The first kappa shape index (κ1) is 45.2. The standard InChI is InChI=1S/C60H56N3O.Pt/c1-58(2,3)46-36-50(56(64)52(37-46)60(7,8)9)57-62-55-49(26-19-27-54(55)63(57)47-28-29-48(41-24-17-12-18-25-41)51(38-47)59(4,5)6)44-32-43(40-22-15-11-16-23-40)33-45(34-44)53-35-42(30-31-61-53)39-20-13-10-14-21-39;/h10-33,35-38,64H,1-9H3;/q-1;. The molecule has 0 aliphatic carbocycles. The number of imidazole rings is 1. The minimum absolute atomic E-state index is 0. The van der Waals surface area contributed by atoms with Crippen LogP contribution in [-0.2, 0) is 37.3 Å². The van der Waals surface area contributed by atoms with Crippen molar-refractivity contribution in [1.29, 1.82) is 0 Å². The maximum absolute atomic E-state index is 12.5. The van der Waals surface area contributed by atoms with E-state index in [1.807, 2.05) is 18.3 Å². The number of aromatic nitrogens is 3. The number of pyridine rings is 1. The number of rotatable bonds is 7. The summed E-state index contributed by atoms with van der Waals surface area (Å²) in [6, 6.07) is 61.5. The molecule has 1 N–H and O–H groups in total. The molecule has 7 aromatic carbocycles. The minimum Gasteiger partial charge on any atom is -0.507 e. The molecule has 0 saturated heterocycles. The molecule has 0 bridgehead atoms. The van der Waals surface area contributed by atoms with Gasteiger partial charge in [0, 0.05) is 44.2 Å². The molecule has 0 atom stereocenters. The fourth-order valence-corrected chi connectivity index (χ4v) is 8.77. The Morgan fingerprint density at radius 1 is 0.477 bits per heavy atom. The molecule has 0 aliphatic rings. The number of fused-ring (bicyclic) bond motifs is 1. The van der Waals surface area contributed by atoms with Gasteiger partial charge in [0.05, 0.1) is 16.6 Å². The van der Waals surface area contributed by atoms with Crippen molar-refractivity contribution in [2.75, 3.05) is 0 Å². The van der Waals surface area contributed by atoms with Crippen LogP contribution in [0.5, 0.6) is 5.75 Å². The number of hydrogen-bond donors (Lipinski definition) is 1. The predicted molar refractivity (Wildman–Crippen MR) is 268 cm³/mol. The van der Waals surface area contributed by atoms with Crippen LogP contribution in [-0.4, -0.2) is 19.6 Å². The van der Waals surface area contributed by atoms with Gasteiger partial charge in [-0.2, -0.15) is 0 Å². The molecule has 0 unspecified atom stereocenters. The van der Waals surface area contributed by atoms with Crippen LogP contribution >= 0.6 is 0 Å². The Kier molecular flexibility index (Phi) is 12.2. The molecule has 2 heterocycles. The number of aromatic hydroxyl groups is 1.